The van der Waals surface area contributed by atoms with Crippen molar-refractivity contribution in [2.45, 2.75) is 13.0 Å². The van der Waals surface area contributed by atoms with Crippen LogP contribution in [-0.2, 0) is 18.8 Å². The van der Waals surface area contributed by atoms with Crippen molar-refractivity contribution >= 4 is 28.3 Å². The molecule has 1 aliphatic heterocycles. The summed E-state index contributed by atoms with van der Waals surface area (Å²) in [6.45, 7) is 2.96. The molecule has 1 aromatic carbocycles. The molecule has 176 valence electrons. The van der Waals surface area contributed by atoms with Crippen LogP contribution < -0.4 is 10.5 Å². The van der Waals surface area contributed by atoms with Crippen LogP contribution in [0, 0.1) is 18.6 Å². The molecule has 1 atom stereocenters. The first-order chi connectivity index (χ1) is 16.2. The normalized spacial score (nSPS) is 16.4. The van der Waals surface area contributed by atoms with Crippen molar-refractivity contribution in [1.29, 1.82) is 0 Å². The molecule has 4 heterocycles. The minimum atomic E-state index is -0.883. The number of fused-ring (bicyclic) bond motifs is 1. The van der Waals surface area contributed by atoms with Crippen LogP contribution in [0.2, 0.25) is 5.02 Å². The van der Waals surface area contributed by atoms with Crippen molar-refractivity contribution in [1.82, 2.24) is 24.3 Å². The van der Waals surface area contributed by atoms with E-state index in [-0.39, 0.29) is 38.8 Å². The molecule has 0 amide bonds. The minimum Gasteiger partial charge on any atom is -0.370 e. The Labute approximate surface area is 198 Å². The number of aryl methyl sites for hydroxylation is 2. The highest BCUT2D eigenvalue weighted by Crippen LogP contribution is 2.34. The monoisotopic (exact) mass is 486 g/mol. The van der Waals surface area contributed by atoms with Crippen LogP contribution >= 0.6 is 11.6 Å². The molecule has 8 nitrogen and oxygen atoms in total. The number of hydrogen-bond donors (Lipinski definition) is 0. The average molecular weight is 487 g/mol. The van der Waals surface area contributed by atoms with Crippen molar-refractivity contribution in [3.05, 3.63) is 69.0 Å². The Morgan fingerprint density at radius 1 is 1.15 bits per heavy atom. The van der Waals surface area contributed by atoms with Gasteiger partial charge in [0.05, 0.1) is 23.8 Å². The number of benzene rings is 1. The Balaban J connectivity index is 1.70. The number of aromatic nitrogens is 5. The quantitative estimate of drug-likeness (QED) is 0.441. The van der Waals surface area contributed by atoms with Crippen molar-refractivity contribution in [3.63, 3.8) is 0 Å². The van der Waals surface area contributed by atoms with Crippen LogP contribution in [0.4, 0.5) is 14.6 Å². The van der Waals surface area contributed by atoms with Crippen molar-refractivity contribution in [2.24, 2.45) is 14.1 Å². The van der Waals surface area contributed by atoms with E-state index in [2.05, 4.69) is 15.1 Å². The summed E-state index contributed by atoms with van der Waals surface area (Å²) in [5.41, 5.74) is 0.259. The first kappa shape index (κ1) is 22.4. The minimum absolute atomic E-state index is 0.0515. The van der Waals surface area contributed by atoms with Crippen molar-refractivity contribution < 1.29 is 13.5 Å². The van der Waals surface area contributed by atoms with Gasteiger partial charge in [-0.3, -0.25) is 14.0 Å². The third-order valence-electron chi connectivity index (χ3n) is 6.00. The van der Waals surface area contributed by atoms with Gasteiger partial charge in [0.1, 0.15) is 40.6 Å². The molecule has 0 N–H and O–H groups in total. The summed E-state index contributed by atoms with van der Waals surface area (Å²) in [4.78, 5) is 24.1. The molecule has 0 bridgehead atoms. The average Bonchev–Trinajstić information content (AvgIpc) is 3.23. The van der Waals surface area contributed by atoms with E-state index in [0.29, 0.717) is 31.3 Å². The highest BCUT2D eigenvalue weighted by atomic mass is 35.5. The van der Waals surface area contributed by atoms with Crippen LogP contribution in [-0.4, -0.2) is 44.0 Å². The third kappa shape index (κ3) is 3.82. The first-order valence-corrected chi connectivity index (χ1v) is 11.0. The molecule has 0 spiro atoms. The molecule has 5 rings (SSSR count). The molecule has 1 aliphatic rings. The maximum absolute atomic E-state index is 14.9. The van der Waals surface area contributed by atoms with Crippen molar-refractivity contribution in [3.8, 4) is 11.3 Å². The number of ether oxygens (including phenoxy) is 1. The van der Waals surface area contributed by atoms with E-state index < -0.39 is 11.6 Å². The highest BCUT2D eigenvalue weighted by molar-refractivity contribution is 6.30. The fourth-order valence-corrected chi connectivity index (χ4v) is 4.33. The number of nitrogens with zero attached hydrogens (tertiary/aromatic N) is 6. The molecular weight excluding hydrogens is 466 g/mol. The Kier molecular flexibility index (Phi) is 5.57. The van der Waals surface area contributed by atoms with Crippen LogP contribution in [0.25, 0.3) is 22.2 Å². The topological polar surface area (TPSA) is 78.1 Å². The largest absolute Gasteiger partial charge is 0.370 e. The van der Waals surface area contributed by atoms with E-state index in [9.17, 15) is 13.6 Å². The molecule has 1 saturated heterocycles. The molecule has 11 heteroatoms. The Morgan fingerprint density at radius 3 is 2.56 bits per heavy atom. The highest BCUT2D eigenvalue weighted by Gasteiger charge is 2.27. The SMILES string of the molecule is Cc1nc2c(-c3c(F)cc(Cl)cc3F)nc(N3CCO[C@@H](c4cnn(C)c4)C3)cc2c(=O)n1C. The number of morpholine rings is 1. The molecule has 0 saturated carbocycles. The number of pyridine rings is 1. The molecule has 34 heavy (non-hydrogen) atoms. The van der Waals surface area contributed by atoms with E-state index in [1.54, 1.807) is 30.9 Å². The van der Waals surface area contributed by atoms with Gasteiger partial charge in [0.25, 0.3) is 5.56 Å². The summed E-state index contributed by atoms with van der Waals surface area (Å²) < 4.78 is 38.9. The first-order valence-electron chi connectivity index (χ1n) is 10.6. The molecule has 0 radical (unpaired) electrons. The summed E-state index contributed by atoms with van der Waals surface area (Å²) in [5.74, 6) is -0.972. The maximum atomic E-state index is 14.9. The summed E-state index contributed by atoms with van der Waals surface area (Å²) in [6.07, 6.45) is 3.33. The van der Waals surface area contributed by atoms with E-state index in [0.717, 1.165) is 17.7 Å². The predicted octanol–water partition coefficient (Wildman–Crippen LogP) is 3.55. The molecule has 3 aromatic heterocycles. The fraction of sp³-hybridized carbons (Fsp3) is 0.304. The fourth-order valence-electron chi connectivity index (χ4n) is 4.14. The van der Waals surface area contributed by atoms with E-state index in [4.69, 9.17) is 16.3 Å². The van der Waals surface area contributed by atoms with Crippen LogP contribution in [0.3, 0.4) is 0 Å². The van der Waals surface area contributed by atoms with Gasteiger partial charge in [0, 0.05) is 44.0 Å². The lowest BCUT2D eigenvalue weighted by Crippen LogP contribution is -2.39. The zero-order valence-corrected chi connectivity index (χ0v) is 19.5. The summed E-state index contributed by atoms with van der Waals surface area (Å²) >= 11 is 5.83. The van der Waals surface area contributed by atoms with Gasteiger partial charge in [0.15, 0.2) is 0 Å². The predicted molar refractivity (Wildman–Crippen MR) is 124 cm³/mol. The maximum Gasteiger partial charge on any atom is 0.261 e. The Bertz CT molecular complexity index is 1460. The number of rotatable bonds is 3. The molecule has 0 unspecified atom stereocenters. The van der Waals surface area contributed by atoms with Crippen LogP contribution in [0.1, 0.15) is 17.5 Å². The zero-order chi connectivity index (χ0) is 24.1. The second-order valence-electron chi connectivity index (χ2n) is 8.25. The van der Waals surface area contributed by atoms with Crippen LogP contribution in [0.15, 0.2) is 35.4 Å². The molecule has 0 aliphatic carbocycles. The second kappa shape index (κ2) is 8.44. The number of anilines is 1. The van der Waals surface area contributed by atoms with Gasteiger partial charge in [0.2, 0.25) is 0 Å². The van der Waals surface area contributed by atoms with E-state index >= 15 is 0 Å². The number of hydrogen-bond acceptors (Lipinski definition) is 6. The summed E-state index contributed by atoms with van der Waals surface area (Å²) in [6, 6.07) is 3.65. The Morgan fingerprint density at radius 2 is 1.88 bits per heavy atom. The standard InChI is InChI=1S/C23H21ClF2N6O2/c1-12-28-21-15(23(33)31(12)3)8-19(29-22(21)20-16(25)6-14(24)7-17(20)26)32-4-5-34-18(11-32)13-9-27-30(2)10-13/h6-10,18H,4-5,11H2,1-3H3/t18-/m1/s1. The van der Waals surface area contributed by atoms with Gasteiger partial charge < -0.3 is 9.64 Å². The van der Waals surface area contributed by atoms with Gasteiger partial charge in [-0.2, -0.15) is 5.10 Å². The van der Waals surface area contributed by atoms with Gasteiger partial charge in [-0.25, -0.2) is 18.7 Å². The zero-order valence-electron chi connectivity index (χ0n) is 18.7. The van der Waals surface area contributed by atoms with Gasteiger partial charge >= 0.3 is 0 Å². The lowest BCUT2D eigenvalue weighted by molar-refractivity contribution is 0.0395. The summed E-state index contributed by atoms with van der Waals surface area (Å²) in [5, 5.41) is 4.33. The smallest absolute Gasteiger partial charge is 0.261 e. The van der Waals surface area contributed by atoms with Crippen molar-refractivity contribution in [2.75, 3.05) is 24.6 Å². The van der Waals surface area contributed by atoms with Gasteiger partial charge in [-0.05, 0) is 25.1 Å². The van der Waals surface area contributed by atoms with Gasteiger partial charge in [-0.15, -0.1) is 0 Å². The van der Waals surface area contributed by atoms with Gasteiger partial charge in [-0.1, -0.05) is 11.6 Å². The lowest BCUT2D eigenvalue weighted by Gasteiger charge is -2.33. The summed E-state index contributed by atoms with van der Waals surface area (Å²) in [7, 11) is 3.42. The van der Waals surface area contributed by atoms with Crippen LogP contribution in [0.5, 0.6) is 0 Å². The van der Waals surface area contributed by atoms with E-state index in [1.165, 1.54) is 4.57 Å². The molecule has 1 fully saturated rings. The molecule has 4 aromatic rings. The molecular formula is C23H21ClF2N6O2. The third-order valence-corrected chi connectivity index (χ3v) is 6.22. The second-order valence-corrected chi connectivity index (χ2v) is 8.68. The Hall–Kier alpha value is -3.37. The van der Waals surface area contributed by atoms with E-state index in [1.807, 2.05) is 18.1 Å². The number of halogens is 3. The lowest BCUT2D eigenvalue weighted by atomic mass is 10.1.